The van der Waals surface area contributed by atoms with Gasteiger partial charge in [-0.3, -0.25) is 0 Å². The predicted molar refractivity (Wildman–Crippen MR) is 171 cm³/mol. The molecule has 1 aliphatic heterocycles. The zero-order valence-corrected chi connectivity index (χ0v) is 22.6. The molecule has 0 aromatic heterocycles. The summed E-state index contributed by atoms with van der Waals surface area (Å²) in [6.45, 7) is 0. The second-order valence-electron chi connectivity index (χ2n) is 10.6. The molecule has 6 aromatic rings. The zero-order valence-electron chi connectivity index (χ0n) is 22.6. The van der Waals surface area contributed by atoms with Crippen LogP contribution in [-0.4, -0.2) is 0 Å². The molecule has 1 unspecified atom stereocenters. The van der Waals surface area contributed by atoms with Crippen molar-refractivity contribution in [3.63, 3.8) is 0 Å². The van der Waals surface area contributed by atoms with Crippen LogP contribution < -0.4 is 9.80 Å². The van der Waals surface area contributed by atoms with Crippen molar-refractivity contribution in [2.24, 2.45) is 0 Å². The maximum absolute atomic E-state index is 2.47. The van der Waals surface area contributed by atoms with Gasteiger partial charge in [0.05, 0.1) is 0 Å². The molecule has 0 radical (unpaired) electrons. The number of fused-ring (bicyclic) bond motifs is 7. The second kappa shape index (κ2) is 9.39. The highest BCUT2D eigenvalue weighted by atomic mass is 15.2. The number of rotatable bonds is 4. The van der Waals surface area contributed by atoms with Gasteiger partial charge in [0.1, 0.15) is 5.54 Å². The number of hydrogen-bond donors (Lipinski definition) is 0. The number of anilines is 4. The van der Waals surface area contributed by atoms with Crippen LogP contribution >= 0.6 is 0 Å². The van der Waals surface area contributed by atoms with Crippen molar-refractivity contribution in [2.75, 3.05) is 9.80 Å². The minimum Gasteiger partial charge on any atom is -0.329 e. The third-order valence-electron chi connectivity index (χ3n) is 8.44. The number of para-hydroxylation sites is 3. The van der Waals surface area contributed by atoms with Crippen LogP contribution in [0.2, 0.25) is 0 Å². The van der Waals surface area contributed by atoms with E-state index in [2.05, 4.69) is 180 Å². The summed E-state index contributed by atoms with van der Waals surface area (Å²) in [6, 6.07) is 56.9. The highest BCUT2D eigenvalue weighted by Crippen LogP contribution is 2.58. The molecule has 1 aliphatic carbocycles. The van der Waals surface area contributed by atoms with Gasteiger partial charge < -0.3 is 9.80 Å². The number of nitrogens with zero attached hydrogens (tertiary/aromatic N) is 2. The fourth-order valence-electron chi connectivity index (χ4n) is 6.77. The van der Waals surface area contributed by atoms with Crippen LogP contribution in [0.4, 0.5) is 22.7 Å². The minimum atomic E-state index is -0.520. The Bertz CT molecular complexity index is 1850. The van der Waals surface area contributed by atoms with E-state index in [1.54, 1.807) is 0 Å². The maximum atomic E-state index is 2.47. The van der Waals surface area contributed by atoms with Gasteiger partial charge in [0.15, 0.2) is 0 Å². The van der Waals surface area contributed by atoms with Gasteiger partial charge in [-0.2, -0.15) is 0 Å². The normalized spacial score (nSPS) is 16.2. The molecule has 0 fully saturated rings. The van der Waals surface area contributed by atoms with E-state index in [0.29, 0.717) is 0 Å². The summed E-state index contributed by atoms with van der Waals surface area (Å²) in [5, 5.41) is 0. The summed E-state index contributed by atoms with van der Waals surface area (Å²) in [7, 11) is 0. The quantitative estimate of drug-likeness (QED) is 0.226. The van der Waals surface area contributed by atoms with Gasteiger partial charge in [-0.25, -0.2) is 0 Å². The molecule has 0 saturated carbocycles. The first-order valence-corrected chi connectivity index (χ1v) is 14.1. The monoisotopic (exact) mass is 524 g/mol. The van der Waals surface area contributed by atoms with Crippen molar-refractivity contribution >= 4 is 28.8 Å². The minimum absolute atomic E-state index is 0.520. The SMILES string of the molecule is C1=CN(c2ccccc2)C2(c3ccccc31)c1ccccc1-c1ccc(N(c3ccccc3)c3ccccc3)cc12. The Morgan fingerprint density at radius 2 is 1.00 bits per heavy atom. The van der Waals surface area contributed by atoms with Crippen molar-refractivity contribution in [1.82, 2.24) is 0 Å². The average Bonchev–Trinajstić information content (AvgIpc) is 3.33. The third kappa shape index (κ3) is 3.51. The van der Waals surface area contributed by atoms with E-state index in [1.807, 2.05) is 0 Å². The van der Waals surface area contributed by atoms with Crippen LogP contribution in [0.15, 0.2) is 164 Å². The maximum Gasteiger partial charge on any atom is 0.122 e. The molecule has 2 nitrogen and oxygen atoms in total. The summed E-state index contributed by atoms with van der Waals surface area (Å²) in [5.74, 6) is 0. The smallest absolute Gasteiger partial charge is 0.122 e. The lowest BCUT2D eigenvalue weighted by molar-refractivity contribution is 0.632. The average molecular weight is 525 g/mol. The largest absolute Gasteiger partial charge is 0.329 e. The highest BCUT2D eigenvalue weighted by Gasteiger charge is 2.51. The summed E-state index contributed by atoms with van der Waals surface area (Å²) < 4.78 is 0. The van der Waals surface area contributed by atoms with E-state index >= 15 is 0 Å². The molecule has 194 valence electrons. The van der Waals surface area contributed by atoms with Gasteiger partial charge in [-0.1, -0.05) is 109 Å². The molecule has 8 rings (SSSR count). The molecule has 1 heterocycles. The van der Waals surface area contributed by atoms with Crippen molar-refractivity contribution in [3.8, 4) is 11.1 Å². The van der Waals surface area contributed by atoms with Crippen LogP contribution in [0.3, 0.4) is 0 Å². The Morgan fingerprint density at radius 3 is 1.71 bits per heavy atom. The Balaban J connectivity index is 1.45. The van der Waals surface area contributed by atoms with Gasteiger partial charge in [-0.05, 0) is 88.0 Å². The molecular formula is C39H28N2. The molecule has 2 aliphatic rings. The van der Waals surface area contributed by atoms with E-state index in [-0.39, 0.29) is 0 Å². The first kappa shape index (κ1) is 23.5. The van der Waals surface area contributed by atoms with Gasteiger partial charge in [-0.15, -0.1) is 0 Å². The van der Waals surface area contributed by atoms with Crippen molar-refractivity contribution in [1.29, 1.82) is 0 Å². The zero-order chi connectivity index (χ0) is 27.2. The van der Waals surface area contributed by atoms with E-state index < -0.39 is 5.54 Å². The second-order valence-corrected chi connectivity index (χ2v) is 10.6. The molecular weight excluding hydrogens is 496 g/mol. The van der Waals surface area contributed by atoms with Crippen LogP contribution in [0.1, 0.15) is 22.3 Å². The lowest BCUT2D eigenvalue weighted by atomic mass is 9.75. The lowest BCUT2D eigenvalue weighted by Gasteiger charge is -2.46. The molecule has 1 spiro atoms. The van der Waals surface area contributed by atoms with Gasteiger partial charge in [0.25, 0.3) is 0 Å². The molecule has 0 bridgehead atoms. The summed E-state index contributed by atoms with van der Waals surface area (Å²) in [6.07, 6.45) is 4.51. The van der Waals surface area contributed by atoms with Crippen LogP contribution in [0.25, 0.3) is 17.2 Å². The number of hydrogen-bond acceptors (Lipinski definition) is 2. The first-order valence-electron chi connectivity index (χ1n) is 14.1. The highest BCUT2D eigenvalue weighted by molar-refractivity contribution is 5.91. The standard InChI is InChI=1S/C39H28N2/c1-4-15-30(16-5-1)40-27-26-29-14-10-12-22-36(29)39(40)37-23-13-11-21-34(37)35-25-24-33(28-38(35)39)41(31-17-6-2-7-18-31)32-19-8-3-9-20-32/h1-28H. The predicted octanol–water partition coefficient (Wildman–Crippen LogP) is 9.92. The fourth-order valence-corrected chi connectivity index (χ4v) is 6.77. The number of benzene rings is 6. The van der Waals surface area contributed by atoms with Crippen LogP contribution in [-0.2, 0) is 5.54 Å². The summed E-state index contributed by atoms with van der Waals surface area (Å²) in [5.41, 5.74) is 11.7. The fraction of sp³-hybridized carbons (Fsp3) is 0.0256. The molecule has 2 heteroatoms. The molecule has 41 heavy (non-hydrogen) atoms. The first-order chi connectivity index (χ1) is 20.4. The van der Waals surface area contributed by atoms with Gasteiger partial charge >= 0.3 is 0 Å². The van der Waals surface area contributed by atoms with E-state index in [4.69, 9.17) is 0 Å². The van der Waals surface area contributed by atoms with E-state index in [1.165, 1.54) is 33.4 Å². The van der Waals surface area contributed by atoms with E-state index in [9.17, 15) is 0 Å². The molecule has 0 saturated heterocycles. The summed E-state index contributed by atoms with van der Waals surface area (Å²) in [4.78, 5) is 4.83. The topological polar surface area (TPSA) is 6.48 Å². The van der Waals surface area contributed by atoms with Gasteiger partial charge in [0.2, 0.25) is 0 Å². The van der Waals surface area contributed by atoms with Crippen molar-refractivity contribution in [3.05, 3.63) is 186 Å². The summed E-state index contributed by atoms with van der Waals surface area (Å²) >= 11 is 0. The van der Waals surface area contributed by atoms with Gasteiger partial charge in [0, 0.05) is 28.9 Å². The molecule has 0 N–H and O–H groups in total. The van der Waals surface area contributed by atoms with Crippen molar-refractivity contribution in [2.45, 2.75) is 5.54 Å². The van der Waals surface area contributed by atoms with Crippen LogP contribution in [0.5, 0.6) is 0 Å². The third-order valence-corrected chi connectivity index (χ3v) is 8.44. The van der Waals surface area contributed by atoms with E-state index in [0.717, 1.165) is 22.7 Å². The van der Waals surface area contributed by atoms with Crippen molar-refractivity contribution < 1.29 is 0 Å². The Hall–Kier alpha value is -5.34. The Morgan fingerprint density at radius 1 is 0.439 bits per heavy atom. The molecule has 1 atom stereocenters. The Labute approximate surface area is 241 Å². The van der Waals surface area contributed by atoms with Crippen LogP contribution in [0, 0.1) is 0 Å². The molecule has 0 amide bonds. The lowest BCUT2D eigenvalue weighted by Crippen LogP contribution is -2.46. The molecule has 6 aromatic carbocycles. The Kier molecular flexibility index (Phi) is 5.39.